The Morgan fingerprint density at radius 3 is 3.00 bits per heavy atom. The van der Waals surface area contributed by atoms with E-state index in [1.807, 2.05) is 12.4 Å². The largest absolute Gasteiger partial charge is 0.354 e. The average Bonchev–Trinajstić information content (AvgIpc) is 3.00. The van der Waals surface area contributed by atoms with Crippen LogP contribution in [0.5, 0.6) is 0 Å². The lowest BCUT2D eigenvalue weighted by molar-refractivity contribution is -0.122. The van der Waals surface area contributed by atoms with Crippen LogP contribution in [0, 0.1) is 0 Å². The van der Waals surface area contributed by atoms with Gasteiger partial charge in [-0.3, -0.25) is 4.79 Å². The first-order valence-corrected chi connectivity index (χ1v) is 7.61. The molecule has 1 aliphatic heterocycles. The van der Waals surface area contributed by atoms with E-state index in [-0.39, 0.29) is 11.9 Å². The van der Waals surface area contributed by atoms with Crippen LogP contribution in [0.2, 0.25) is 0 Å². The Hall–Kier alpha value is -2.44. The number of rotatable bonds is 6. The molecule has 0 spiro atoms. The Balaban J connectivity index is 1.35. The summed E-state index contributed by atoms with van der Waals surface area (Å²) < 4.78 is 2.11. The van der Waals surface area contributed by atoms with E-state index in [4.69, 9.17) is 0 Å². The maximum absolute atomic E-state index is 12.0. The first-order chi connectivity index (χ1) is 10.8. The third-order valence-corrected chi connectivity index (χ3v) is 3.73. The number of carbonyl (C=O) groups excluding carboxylic acids is 1. The number of aromatic nitrogens is 4. The summed E-state index contributed by atoms with van der Waals surface area (Å²) in [6, 6.07) is 1.98. The second-order valence-corrected chi connectivity index (χ2v) is 5.40. The summed E-state index contributed by atoms with van der Waals surface area (Å²) in [5, 5.41) is 6.20. The molecule has 0 bridgehead atoms. The number of amides is 1. The zero-order chi connectivity index (χ0) is 15.2. The first-order valence-electron chi connectivity index (χ1n) is 7.61. The van der Waals surface area contributed by atoms with E-state index >= 15 is 0 Å². The van der Waals surface area contributed by atoms with Gasteiger partial charge in [0.05, 0.1) is 0 Å². The van der Waals surface area contributed by atoms with Gasteiger partial charge in [0.2, 0.25) is 11.9 Å². The van der Waals surface area contributed by atoms with Crippen molar-refractivity contribution in [2.45, 2.75) is 38.3 Å². The Labute approximate surface area is 129 Å². The maximum Gasteiger partial charge on any atom is 0.222 e. The molecule has 0 radical (unpaired) electrons. The fraction of sp³-hybridized carbons (Fsp3) is 0.467. The van der Waals surface area contributed by atoms with Crippen LogP contribution < -0.4 is 10.6 Å². The number of nitrogens with zero attached hydrogens (tertiary/aromatic N) is 4. The molecule has 3 heterocycles. The normalized spacial score (nSPS) is 16.8. The van der Waals surface area contributed by atoms with Crippen molar-refractivity contribution in [1.29, 1.82) is 0 Å². The van der Waals surface area contributed by atoms with Crippen LogP contribution in [0.25, 0.3) is 0 Å². The molecule has 2 aromatic rings. The molecule has 3 rings (SSSR count). The Morgan fingerprint density at radius 2 is 2.14 bits per heavy atom. The van der Waals surface area contributed by atoms with Crippen molar-refractivity contribution in [1.82, 2.24) is 24.8 Å². The number of aryl methyl sites for hydroxylation is 1. The van der Waals surface area contributed by atoms with E-state index in [9.17, 15) is 4.79 Å². The molecule has 0 saturated heterocycles. The Morgan fingerprint density at radius 1 is 1.27 bits per heavy atom. The number of hydrogen-bond donors (Lipinski definition) is 2. The minimum Gasteiger partial charge on any atom is -0.354 e. The van der Waals surface area contributed by atoms with Gasteiger partial charge in [0, 0.05) is 56.8 Å². The molecule has 2 N–H and O–H groups in total. The fourth-order valence-corrected chi connectivity index (χ4v) is 2.62. The van der Waals surface area contributed by atoms with Gasteiger partial charge >= 0.3 is 0 Å². The van der Waals surface area contributed by atoms with E-state index in [0.29, 0.717) is 18.9 Å². The van der Waals surface area contributed by atoms with Gasteiger partial charge in [0.1, 0.15) is 5.82 Å². The summed E-state index contributed by atoms with van der Waals surface area (Å²) in [6.07, 6.45) is 10.3. The Bertz CT molecular complexity index is 612. The summed E-state index contributed by atoms with van der Waals surface area (Å²) in [5.74, 6) is 1.81. The number of carbonyl (C=O) groups is 1. The zero-order valence-electron chi connectivity index (χ0n) is 12.4. The van der Waals surface area contributed by atoms with E-state index < -0.39 is 0 Å². The van der Waals surface area contributed by atoms with Crippen LogP contribution in [0.3, 0.4) is 0 Å². The number of hydrogen-bond acceptors (Lipinski definition) is 5. The van der Waals surface area contributed by atoms with Gasteiger partial charge in [-0.2, -0.15) is 0 Å². The molecule has 0 aliphatic carbocycles. The molecule has 1 aliphatic rings. The number of fused-ring (bicyclic) bond motifs is 1. The van der Waals surface area contributed by atoms with Crippen molar-refractivity contribution in [2.75, 3.05) is 11.9 Å². The highest BCUT2D eigenvalue weighted by atomic mass is 16.1. The zero-order valence-corrected chi connectivity index (χ0v) is 12.4. The first kappa shape index (κ1) is 14.5. The lowest BCUT2D eigenvalue weighted by Gasteiger charge is -2.24. The predicted octanol–water partition coefficient (Wildman–Crippen LogP) is 0.996. The van der Waals surface area contributed by atoms with Crippen molar-refractivity contribution >= 4 is 11.9 Å². The van der Waals surface area contributed by atoms with Crippen molar-refractivity contribution in [2.24, 2.45) is 0 Å². The average molecular weight is 300 g/mol. The van der Waals surface area contributed by atoms with Crippen LogP contribution >= 0.6 is 0 Å². The molecule has 116 valence electrons. The molecular formula is C15H20N6O. The molecule has 7 nitrogen and oxygen atoms in total. The van der Waals surface area contributed by atoms with Crippen LogP contribution in [0.1, 0.15) is 25.1 Å². The molecule has 1 atom stereocenters. The van der Waals surface area contributed by atoms with Crippen LogP contribution in [0.15, 0.2) is 30.9 Å². The van der Waals surface area contributed by atoms with Gasteiger partial charge in [-0.25, -0.2) is 15.0 Å². The van der Waals surface area contributed by atoms with Crippen LogP contribution in [-0.2, 0) is 17.8 Å². The second kappa shape index (κ2) is 7.02. The summed E-state index contributed by atoms with van der Waals surface area (Å²) in [7, 11) is 0. The summed E-state index contributed by atoms with van der Waals surface area (Å²) >= 11 is 0. The number of anilines is 1. The lowest BCUT2D eigenvalue weighted by Crippen LogP contribution is -2.40. The van der Waals surface area contributed by atoms with Gasteiger partial charge in [-0.05, 0) is 18.9 Å². The summed E-state index contributed by atoms with van der Waals surface area (Å²) in [4.78, 5) is 24.4. The standard InChI is InChI=1S/C15H20N6O/c22-14(3-1-6-17-15-18-7-2-8-19-15)20-12-4-5-13-16-9-10-21(13)11-12/h2,7-10,12H,1,3-6,11H2,(H,20,22)(H,17,18,19)/t12-/m1/s1. The predicted molar refractivity (Wildman–Crippen MR) is 82.2 cm³/mol. The molecule has 0 unspecified atom stereocenters. The molecule has 22 heavy (non-hydrogen) atoms. The highest BCUT2D eigenvalue weighted by Crippen LogP contribution is 2.13. The molecule has 1 amide bonds. The third kappa shape index (κ3) is 3.81. The summed E-state index contributed by atoms with van der Waals surface area (Å²) in [6.45, 7) is 1.50. The monoisotopic (exact) mass is 300 g/mol. The third-order valence-electron chi connectivity index (χ3n) is 3.73. The van der Waals surface area contributed by atoms with Crippen LogP contribution in [-0.4, -0.2) is 38.0 Å². The maximum atomic E-state index is 12.0. The van der Waals surface area contributed by atoms with Gasteiger partial charge in [0.25, 0.3) is 0 Å². The molecule has 0 saturated carbocycles. The van der Waals surface area contributed by atoms with Gasteiger partial charge in [-0.15, -0.1) is 0 Å². The number of nitrogens with one attached hydrogen (secondary N) is 2. The minimum absolute atomic E-state index is 0.101. The van der Waals surface area contributed by atoms with Gasteiger partial charge < -0.3 is 15.2 Å². The Kier molecular flexibility index (Phi) is 4.62. The SMILES string of the molecule is O=C(CCCNc1ncccn1)N[C@@H]1CCc2nccn2C1. The number of imidazole rings is 1. The van der Waals surface area contributed by atoms with Crippen molar-refractivity contribution in [3.63, 3.8) is 0 Å². The van der Waals surface area contributed by atoms with Crippen molar-refractivity contribution in [3.8, 4) is 0 Å². The molecule has 0 aromatic carbocycles. The molecule has 7 heteroatoms. The lowest BCUT2D eigenvalue weighted by atomic mass is 10.1. The smallest absolute Gasteiger partial charge is 0.222 e. The van der Waals surface area contributed by atoms with Crippen LogP contribution in [0.4, 0.5) is 5.95 Å². The van der Waals surface area contributed by atoms with E-state index in [2.05, 4.69) is 30.2 Å². The quantitative estimate of drug-likeness (QED) is 0.777. The minimum atomic E-state index is 0.101. The van der Waals surface area contributed by atoms with E-state index in [1.165, 1.54) is 0 Å². The highest BCUT2D eigenvalue weighted by Gasteiger charge is 2.19. The van der Waals surface area contributed by atoms with Crippen molar-refractivity contribution in [3.05, 3.63) is 36.7 Å². The van der Waals surface area contributed by atoms with Gasteiger partial charge in [-0.1, -0.05) is 0 Å². The van der Waals surface area contributed by atoms with Gasteiger partial charge in [0.15, 0.2) is 0 Å². The summed E-state index contributed by atoms with van der Waals surface area (Å²) in [5.41, 5.74) is 0. The molecule has 2 aromatic heterocycles. The van der Waals surface area contributed by atoms with E-state index in [1.54, 1.807) is 18.5 Å². The molecule has 0 fully saturated rings. The topological polar surface area (TPSA) is 84.7 Å². The molecular weight excluding hydrogens is 280 g/mol. The van der Waals surface area contributed by atoms with Crippen molar-refractivity contribution < 1.29 is 4.79 Å². The van der Waals surface area contributed by atoms with E-state index in [0.717, 1.165) is 31.6 Å². The second-order valence-electron chi connectivity index (χ2n) is 5.40. The highest BCUT2D eigenvalue weighted by molar-refractivity contribution is 5.76. The fourth-order valence-electron chi connectivity index (χ4n) is 2.62.